The van der Waals surface area contributed by atoms with Crippen LogP contribution in [0.25, 0.3) is 5.69 Å². The van der Waals surface area contributed by atoms with Gasteiger partial charge in [0.1, 0.15) is 5.82 Å². The number of sulfone groups is 1. The van der Waals surface area contributed by atoms with Gasteiger partial charge < -0.3 is 10.2 Å². The molecule has 1 saturated heterocycles. The zero-order valence-corrected chi connectivity index (χ0v) is 15.5. The molecule has 0 unspecified atom stereocenters. The number of carbonyl (C=O) groups excluding carboxylic acids is 2. The van der Waals surface area contributed by atoms with E-state index >= 15 is 0 Å². The molecule has 0 radical (unpaired) electrons. The monoisotopic (exact) mass is 388 g/mol. The molecular formula is C18H20N4O4S. The van der Waals surface area contributed by atoms with Gasteiger partial charge in [-0.15, -0.1) is 0 Å². The van der Waals surface area contributed by atoms with Crippen molar-refractivity contribution in [2.24, 2.45) is 0 Å². The third kappa shape index (κ3) is 3.46. The Hall–Kier alpha value is -2.68. The summed E-state index contributed by atoms with van der Waals surface area (Å²) in [4.78, 5) is 26.6. The number of nitrogens with one attached hydrogen (secondary N) is 1. The van der Waals surface area contributed by atoms with Crippen LogP contribution in [0.5, 0.6) is 0 Å². The molecule has 0 bridgehead atoms. The topological polar surface area (TPSA) is 101 Å². The Kier molecular flexibility index (Phi) is 4.47. The highest BCUT2D eigenvalue weighted by molar-refractivity contribution is 7.90. The second-order valence-electron chi connectivity index (χ2n) is 6.86. The fourth-order valence-corrected chi connectivity index (χ4v) is 5.02. The Morgan fingerprint density at radius 3 is 2.41 bits per heavy atom. The standard InChI is InChI=1S/C18H20N4O4S/c23-17(18(24)21-9-5-2-6-10-21)19-16-14-11-27(25,26)12-15(14)20-22(16)13-7-3-1-4-8-13/h1,3-4,7-8H,2,5-6,9-12H2,(H,19,23). The van der Waals surface area contributed by atoms with E-state index in [4.69, 9.17) is 0 Å². The van der Waals surface area contributed by atoms with Crippen molar-refractivity contribution in [1.29, 1.82) is 0 Å². The number of hydrogen-bond donors (Lipinski definition) is 1. The van der Waals surface area contributed by atoms with Gasteiger partial charge in [-0.3, -0.25) is 9.59 Å². The molecule has 0 atom stereocenters. The van der Waals surface area contributed by atoms with Gasteiger partial charge in [0.2, 0.25) is 0 Å². The molecule has 8 nitrogen and oxygen atoms in total. The van der Waals surface area contributed by atoms with Crippen molar-refractivity contribution >= 4 is 27.5 Å². The van der Waals surface area contributed by atoms with E-state index in [1.165, 1.54) is 4.68 Å². The average Bonchev–Trinajstić information content (AvgIpc) is 3.15. The third-order valence-corrected chi connectivity index (χ3v) is 6.30. The first-order chi connectivity index (χ1) is 12.9. The van der Waals surface area contributed by atoms with E-state index in [-0.39, 0.29) is 17.3 Å². The third-order valence-electron chi connectivity index (χ3n) is 4.86. The highest BCUT2D eigenvalue weighted by Gasteiger charge is 2.34. The fraction of sp³-hybridized carbons (Fsp3) is 0.389. The van der Waals surface area contributed by atoms with E-state index < -0.39 is 21.7 Å². The van der Waals surface area contributed by atoms with Crippen LogP contribution in [-0.2, 0) is 30.9 Å². The van der Waals surface area contributed by atoms with Gasteiger partial charge in [0, 0.05) is 18.7 Å². The molecule has 2 amide bonds. The minimum Gasteiger partial charge on any atom is -0.334 e. The second kappa shape index (κ2) is 6.80. The largest absolute Gasteiger partial charge is 0.334 e. The molecule has 0 spiro atoms. The van der Waals surface area contributed by atoms with Gasteiger partial charge >= 0.3 is 11.8 Å². The first kappa shape index (κ1) is 17.7. The lowest BCUT2D eigenvalue weighted by Gasteiger charge is -2.26. The summed E-state index contributed by atoms with van der Waals surface area (Å²) in [5, 5.41) is 7.01. The Morgan fingerprint density at radius 2 is 1.70 bits per heavy atom. The summed E-state index contributed by atoms with van der Waals surface area (Å²) < 4.78 is 25.5. The van der Waals surface area contributed by atoms with Gasteiger partial charge in [-0.2, -0.15) is 5.10 Å². The summed E-state index contributed by atoms with van der Waals surface area (Å²) in [5.41, 5.74) is 1.56. The second-order valence-corrected chi connectivity index (χ2v) is 8.92. The van der Waals surface area contributed by atoms with Gasteiger partial charge in [0.05, 0.1) is 22.9 Å². The molecule has 1 aromatic carbocycles. The molecule has 1 aromatic heterocycles. The van der Waals surface area contributed by atoms with Gasteiger partial charge in [-0.25, -0.2) is 13.1 Å². The Labute approximate surface area is 157 Å². The minimum atomic E-state index is -3.28. The maximum atomic E-state index is 12.6. The van der Waals surface area contributed by atoms with Crippen molar-refractivity contribution in [3.63, 3.8) is 0 Å². The predicted octanol–water partition coefficient (Wildman–Crippen LogP) is 1.25. The molecule has 4 rings (SSSR count). The summed E-state index contributed by atoms with van der Waals surface area (Å²) in [5.74, 6) is -1.45. The molecule has 0 saturated carbocycles. The van der Waals surface area contributed by atoms with Crippen LogP contribution in [0, 0.1) is 0 Å². The highest BCUT2D eigenvalue weighted by Crippen LogP contribution is 2.32. The molecule has 1 N–H and O–H groups in total. The smallest absolute Gasteiger partial charge is 0.315 e. The lowest BCUT2D eigenvalue weighted by molar-refractivity contribution is -0.143. The summed E-state index contributed by atoms with van der Waals surface area (Å²) >= 11 is 0. The number of hydrogen-bond acceptors (Lipinski definition) is 5. The zero-order valence-electron chi connectivity index (χ0n) is 14.7. The molecular weight excluding hydrogens is 368 g/mol. The molecule has 2 aliphatic heterocycles. The maximum Gasteiger partial charge on any atom is 0.315 e. The highest BCUT2D eigenvalue weighted by atomic mass is 32.2. The summed E-state index contributed by atoms with van der Waals surface area (Å²) in [6.07, 6.45) is 2.82. The summed E-state index contributed by atoms with van der Waals surface area (Å²) in [6.45, 7) is 1.13. The number of likely N-dealkylation sites (tertiary alicyclic amines) is 1. The number of nitrogens with zero attached hydrogens (tertiary/aromatic N) is 3. The Bertz CT molecular complexity index is 992. The van der Waals surface area contributed by atoms with Crippen LogP contribution in [-0.4, -0.2) is 48.0 Å². The van der Waals surface area contributed by atoms with Crippen molar-refractivity contribution < 1.29 is 18.0 Å². The molecule has 3 heterocycles. The van der Waals surface area contributed by atoms with E-state index in [2.05, 4.69) is 10.4 Å². The normalized spacial score (nSPS) is 18.1. The SMILES string of the molecule is O=C(Nc1c2c(nn1-c1ccccc1)CS(=O)(=O)C2)C(=O)N1CCCCC1. The number of benzene rings is 1. The quantitative estimate of drug-likeness (QED) is 0.781. The molecule has 9 heteroatoms. The average molecular weight is 388 g/mol. The van der Waals surface area contributed by atoms with Gasteiger partial charge in [0.25, 0.3) is 0 Å². The molecule has 0 aliphatic carbocycles. The van der Waals surface area contributed by atoms with E-state index in [0.29, 0.717) is 30.0 Å². The Morgan fingerprint density at radius 1 is 1.00 bits per heavy atom. The number of para-hydroxylation sites is 1. The van der Waals surface area contributed by atoms with Crippen molar-refractivity contribution in [3.8, 4) is 5.69 Å². The van der Waals surface area contributed by atoms with Crippen LogP contribution in [0.1, 0.15) is 30.5 Å². The molecule has 2 aliphatic rings. The van der Waals surface area contributed by atoms with Gasteiger partial charge in [-0.05, 0) is 31.4 Å². The number of aromatic nitrogens is 2. The van der Waals surface area contributed by atoms with E-state index in [0.717, 1.165) is 19.3 Å². The summed E-state index contributed by atoms with van der Waals surface area (Å²) in [6, 6.07) is 9.10. The van der Waals surface area contributed by atoms with Gasteiger partial charge in [0.15, 0.2) is 9.84 Å². The number of anilines is 1. The lowest BCUT2D eigenvalue weighted by atomic mass is 10.1. The zero-order chi connectivity index (χ0) is 19.0. The molecule has 1 fully saturated rings. The molecule has 27 heavy (non-hydrogen) atoms. The van der Waals surface area contributed by atoms with Crippen LogP contribution >= 0.6 is 0 Å². The summed E-state index contributed by atoms with van der Waals surface area (Å²) in [7, 11) is -3.28. The number of fused-ring (bicyclic) bond motifs is 1. The van der Waals surface area contributed by atoms with Crippen LogP contribution in [0.4, 0.5) is 5.82 Å². The van der Waals surface area contributed by atoms with Crippen molar-refractivity contribution in [1.82, 2.24) is 14.7 Å². The van der Waals surface area contributed by atoms with Crippen LogP contribution < -0.4 is 5.32 Å². The number of piperidine rings is 1. The number of amides is 2. The first-order valence-corrected chi connectivity index (χ1v) is 10.7. The van der Waals surface area contributed by atoms with E-state index in [1.807, 2.05) is 18.2 Å². The first-order valence-electron chi connectivity index (χ1n) is 8.91. The maximum absolute atomic E-state index is 12.6. The molecule has 142 valence electrons. The molecule has 2 aromatic rings. The van der Waals surface area contributed by atoms with Crippen molar-refractivity contribution in [2.45, 2.75) is 30.8 Å². The number of carbonyl (C=O) groups is 2. The predicted molar refractivity (Wildman–Crippen MR) is 99.0 cm³/mol. The van der Waals surface area contributed by atoms with Crippen LogP contribution in [0.3, 0.4) is 0 Å². The van der Waals surface area contributed by atoms with E-state index in [9.17, 15) is 18.0 Å². The van der Waals surface area contributed by atoms with Crippen LogP contribution in [0.15, 0.2) is 30.3 Å². The van der Waals surface area contributed by atoms with E-state index in [1.54, 1.807) is 17.0 Å². The lowest BCUT2D eigenvalue weighted by Crippen LogP contribution is -2.42. The fourth-order valence-electron chi connectivity index (χ4n) is 3.53. The van der Waals surface area contributed by atoms with Crippen LogP contribution in [0.2, 0.25) is 0 Å². The minimum absolute atomic E-state index is 0.162. The van der Waals surface area contributed by atoms with Crippen molar-refractivity contribution in [3.05, 3.63) is 41.6 Å². The van der Waals surface area contributed by atoms with Gasteiger partial charge in [-0.1, -0.05) is 18.2 Å². The van der Waals surface area contributed by atoms with Crippen molar-refractivity contribution in [2.75, 3.05) is 18.4 Å². The Balaban J connectivity index is 1.67. The number of rotatable bonds is 2.